The third-order valence-corrected chi connectivity index (χ3v) is 6.93. The molecule has 0 aliphatic carbocycles. The number of nitrogens with zero attached hydrogens (tertiary/aromatic N) is 4. The molecule has 1 amide bonds. The van der Waals surface area contributed by atoms with E-state index in [0.717, 1.165) is 10.9 Å². The number of carbonyl (C=O) groups excluding carboxylic acids is 2. The van der Waals surface area contributed by atoms with E-state index in [1.165, 1.54) is 10.6 Å². The molecule has 0 radical (unpaired) electrons. The molecule has 6 rings (SSSR count). The van der Waals surface area contributed by atoms with Gasteiger partial charge in [0.05, 0.1) is 11.4 Å². The second-order valence-corrected chi connectivity index (χ2v) is 11.2. The number of H-pyrrole nitrogens is 1. The smallest absolute Gasteiger partial charge is 0.355 e. The van der Waals surface area contributed by atoms with Crippen molar-refractivity contribution in [3.63, 3.8) is 0 Å². The van der Waals surface area contributed by atoms with Gasteiger partial charge < -0.3 is 15.0 Å². The van der Waals surface area contributed by atoms with E-state index in [4.69, 9.17) is 21.3 Å². The fourth-order valence-corrected chi connectivity index (χ4v) is 5.13. The molecule has 0 bridgehead atoms. The van der Waals surface area contributed by atoms with Gasteiger partial charge in [0.2, 0.25) is 5.91 Å². The highest BCUT2D eigenvalue weighted by molar-refractivity contribution is 6.31. The summed E-state index contributed by atoms with van der Waals surface area (Å²) in [4.78, 5) is 46.9. The van der Waals surface area contributed by atoms with Crippen LogP contribution in [0.25, 0.3) is 22.2 Å². The highest BCUT2D eigenvalue weighted by Crippen LogP contribution is 2.33. The predicted octanol–water partition coefficient (Wildman–Crippen LogP) is 3.90. The van der Waals surface area contributed by atoms with E-state index in [1.54, 1.807) is 74.6 Å². The number of fused-ring (bicyclic) bond motifs is 2. The molecule has 1 unspecified atom stereocenters. The van der Waals surface area contributed by atoms with E-state index < -0.39 is 17.6 Å². The summed E-state index contributed by atoms with van der Waals surface area (Å²) < 4.78 is 6.88. The van der Waals surface area contributed by atoms with E-state index in [2.05, 4.69) is 26.5 Å². The van der Waals surface area contributed by atoms with Crippen molar-refractivity contribution in [2.75, 3.05) is 10.3 Å². The second kappa shape index (κ2) is 10.1. The van der Waals surface area contributed by atoms with E-state index in [1.807, 2.05) is 0 Å². The van der Waals surface area contributed by atoms with Gasteiger partial charge in [0, 0.05) is 39.7 Å². The Labute approximate surface area is 239 Å². The summed E-state index contributed by atoms with van der Waals surface area (Å²) in [7, 11) is 0. The van der Waals surface area contributed by atoms with Crippen LogP contribution in [0.1, 0.15) is 49.5 Å². The van der Waals surface area contributed by atoms with Crippen LogP contribution in [0.4, 0.5) is 11.4 Å². The van der Waals surface area contributed by atoms with Crippen LogP contribution in [0.5, 0.6) is 0 Å². The Morgan fingerprint density at radius 2 is 1.95 bits per heavy atom. The Balaban J connectivity index is 1.24. The molecule has 2 aliphatic rings. The summed E-state index contributed by atoms with van der Waals surface area (Å²) in [6, 6.07) is 12.9. The van der Waals surface area contributed by atoms with Crippen LogP contribution in [0.2, 0.25) is 5.02 Å². The zero-order valence-electron chi connectivity index (χ0n) is 22.5. The molecule has 210 valence electrons. The standard InChI is InChI=1S/C28H27ClN8O4/c1-28(2,3)41-27(40)21-11-15-10-17(5-6-19(15)32-21)31-26(39)23-8-9-24-33-20(13-25(38)37(23)24)18-12-16(29)4-7-22(18)36-14-30-34-35-36/h4-7,10-14,23,32,34-35H,8-9H2,1-3H3,(H,31,39). The van der Waals surface area contributed by atoms with Gasteiger partial charge in [0.15, 0.2) is 0 Å². The van der Waals surface area contributed by atoms with Gasteiger partial charge in [-0.1, -0.05) is 11.6 Å². The Morgan fingerprint density at radius 3 is 2.71 bits per heavy atom. The maximum atomic E-state index is 13.3. The Hall–Kier alpha value is -4.68. The van der Waals surface area contributed by atoms with Crippen molar-refractivity contribution < 1.29 is 14.3 Å². The van der Waals surface area contributed by atoms with Crippen LogP contribution >= 0.6 is 11.6 Å². The van der Waals surface area contributed by atoms with Crippen LogP contribution in [-0.4, -0.2) is 38.4 Å². The lowest BCUT2D eigenvalue weighted by Gasteiger charge is -2.19. The number of hydrazone groups is 1. The summed E-state index contributed by atoms with van der Waals surface area (Å²) >= 11 is 6.27. The largest absolute Gasteiger partial charge is 0.455 e. The molecule has 41 heavy (non-hydrogen) atoms. The van der Waals surface area contributed by atoms with Gasteiger partial charge in [-0.25, -0.2) is 20.3 Å². The molecule has 4 aromatic rings. The number of amides is 1. The van der Waals surface area contributed by atoms with E-state index in [-0.39, 0.29) is 11.5 Å². The van der Waals surface area contributed by atoms with Crippen molar-refractivity contribution in [3.05, 3.63) is 75.4 Å². The third kappa shape index (κ3) is 5.26. The summed E-state index contributed by atoms with van der Waals surface area (Å²) in [6.45, 7) is 5.41. The fourth-order valence-electron chi connectivity index (χ4n) is 4.95. The van der Waals surface area contributed by atoms with E-state index in [9.17, 15) is 14.4 Å². The molecule has 1 atom stereocenters. The summed E-state index contributed by atoms with van der Waals surface area (Å²) in [5, 5.41) is 9.72. The van der Waals surface area contributed by atoms with Crippen molar-refractivity contribution in [2.45, 2.75) is 45.3 Å². The topological polar surface area (TPSA) is 146 Å². The lowest BCUT2D eigenvalue weighted by Crippen LogP contribution is -2.37. The van der Waals surface area contributed by atoms with Crippen LogP contribution in [0.3, 0.4) is 0 Å². The van der Waals surface area contributed by atoms with Crippen molar-refractivity contribution in [1.82, 2.24) is 25.6 Å². The Kier molecular flexibility index (Phi) is 6.51. The summed E-state index contributed by atoms with van der Waals surface area (Å²) in [5.41, 5.74) is 7.93. The maximum Gasteiger partial charge on any atom is 0.355 e. The maximum absolute atomic E-state index is 13.3. The monoisotopic (exact) mass is 574 g/mol. The van der Waals surface area contributed by atoms with Crippen molar-refractivity contribution in [2.24, 2.45) is 5.10 Å². The molecule has 0 saturated heterocycles. The van der Waals surface area contributed by atoms with E-state index in [0.29, 0.717) is 52.0 Å². The Bertz CT molecular complexity index is 1790. The Morgan fingerprint density at radius 1 is 1.12 bits per heavy atom. The van der Waals surface area contributed by atoms with Gasteiger partial charge >= 0.3 is 5.97 Å². The van der Waals surface area contributed by atoms with Gasteiger partial charge in [0.1, 0.15) is 29.5 Å². The lowest BCUT2D eigenvalue weighted by molar-refractivity contribution is -0.119. The number of rotatable bonds is 5. The zero-order chi connectivity index (χ0) is 28.9. The fraction of sp³-hybridized carbons (Fsp3) is 0.250. The number of carbonyl (C=O) groups is 2. The first-order valence-corrected chi connectivity index (χ1v) is 13.4. The van der Waals surface area contributed by atoms with E-state index >= 15 is 0 Å². The number of aromatic nitrogens is 3. The number of esters is 1. The number of hydrogen-bond donors (Lipinski definition) is 4. The number of benzene rings is 2. The SMILES string of the molecule is CC(C)(C)OC(=O)c1cc2cc(NC(=O)C3CCc4nc(-c5cc(Cl)ccc5N5C=NNN5)cc(=O)n43)ccc2[nH]1. The predicted molar refractivity (Wildman–Crippen MR) is 156 cm³/mol. The molecule has 0 spiro atoms. The quantitative estimate of drug-likeness (QED) is 0.263. The minimum absolute atomic E-state index is 0.323. The highest BCUT2D eigenvalue weighted by atomic mass is 35.5. The van der Waals surface area contributed by atoms with Crippen molar-refractivity contribution >= 4 is 52.1 Å². The number of nitrogens with one attached hydrogen (secondary N) is 4. The second-order valence-electron chi connectivity index (χ2n) is 10.8. The first kappa shape index (κ1) is 26.5. The minimum atomic E-state index is -0.714. The average Bonchev–Trinajstić information content (AvgIpc) is 3.67. The lowest BCUT2D eigenvalue weighted by atomic mass is 10.1. The molecule has 12 nitrogen and oxygen atoms in total. The first-order chi connectivity index (χ1) is 19.6. The molecular formula is C28H27ClN8O4. The van der Waals surface area contributed by atoms with Crippen molar-refractivity contribution in [3.8, 4) is 11.3 Å². The number of hydrogen-bond acceptors (Lipinski definition) is 9. The molecule has 13 heteroatoms. The van der Waals surface area contributed by atoms with Crippen LogP contribution in [0, 0.1) is 0 Å². The normalized spacial score (nSPS) is 16.1. The number of ether oxygens (including phenoxy) is 1. The van der Waals surface area contributed by atoms with Gasteiger partial charge in [-0.2, -0.15) is 5.10 Å². The molecular weight excluding hydrogens is 548 g/mol. The van der Waals surface area contributed by atoms with Crippen LogP contribution in [-0.2, 0) is 16.0 Å². The number of hydrazine groups is 2. The molecule has 4 N–H and O–H groups in total. The molecule has 4 heterocycles. The summed E-state index contributed by atoms with van der Waals surface area (Å²) in [6.07, 6.45) is 2.44. The third-order valence-electron chi connectivity index (χ3n) is 6.69. The van der Waals surface area contributed by atoms with Gasteiger partial charge in [-0.15, -0.1) is 5.53 Å². The molecule has 2 aliphatic heterocycles. The number of aryl methyl sites for hydroxylation is 1. The number of halogens is 1. The number of anilines is 2. The first-order valence-electron chi connectivity index (χ1n) is 13.0. The van der Waals surface area contributed by atoms with Gasteiger partial charge in [0.25, 0.3) is 5.56 Å². The van der Waals surface area contributed by atoms with Crippen LogP contribution < -0.4 is 27.0 Å². The molecule has 0 saturated carbocycles. The van der Waals surface area contributed by atoms with Gasteiger partial charge in [-0.3, -0.25) is 14.2 Å². The van der Waals surface area contributed by atoms with Crippen molar-refractivity contribution in [1.29, 1.82) is 0 Å². The highest BCUT2D eigenvalue weighted by Gasteiger charge is 2.31. The molecule has 2 aromatic heterocycles. The molecule has 0 fully saturated rings. The van der Waals surface area contributed by atoms with Gasteiger partial charge in [-0.05, 0) is 69.7 Å². The minimum Gasteiger partial charge on any atom is -0.455 e. The van der Waals surface area contributed by atoms with Crippen LogP contribution in [0.15, 0.2) is 58.4 Å². The number of aromatic amines is 1. The average molecular weight is 575 g/mol. The molecule has 2 aromatic carbocycles. The summed E-state index contributed by atoms with van der Waals surface area (Å²) in [5.74, 6) is -0.267. The zero-order valence-corrected chi connectivity index (χ0v) is 23.2.